The second-order valence-corrected chi connectivity index (χ2v) is 9.41. The molecule has 2 bridgehead atoms. The number of carbonyl (C=O) groups is 1. The van der Waals surface area contributed by atoms with Crippen molar-refractivity contribution in [3.05, 3.63) is 59.4 Å². The molecule has 5 rings (SSSR count). The molecule has 2 saturated heterocycles. The predicted octanol–water partition coefficient (Wildman–Crippen LogP) is 3.82. The molecule has 30 heavy (non-hydrogen) atoms. The number of carbonyl (C=O) groups excluding carboxylic acids is 1. The number of fused-ring (bicyclic) bond motifs is 1. The summed E-state index contributed by atoms with van der Waals surface area (Å²) in [5.41, 5.74) is 2.92. The van der Waals surface area contributed by atoms with Gasteiger partial charge >= 0.3 is 0 Å². The molecule has 4 atom stereocenters. The van der Waals surface area contributed by atoms with Gasteiger partial charge in [-0.1, -0.05) is 38.0 Å². The summed E-state index contributed by atoms with van der Waals surface area (Å²) in [6.45, 7) is 3.22. The van der Waals surface area contributed by atoms with Crippen molar-refractivity contribution in [2.45, 2.75) is 63.6 Å². The molecule has 2 aliphatic heterocycles. The lowest BCUT2D eigenvalue weighted by molar-refractivity contribution is 0.0284. The maximum absolute atomic E-state index is 13.6. The Morgan fingerprint density at radius 3 is 2.97 bits per heavy atom. The highest BCUT2D eigenvalue weighted by molar-refractivity contribution is 5.94. The van der Waals surface area contributed by atoms with Crippen molar-refractivity contribution in [1.29, 1.82) is 0 Å². The van der Waals surface area contributed by atoms with Gasteiger partial charge < -0.3 is 15.0 Å². The van der Waals surface area contributed by atoms with Crippen molar-refractivity contribution in [1.82, 2.24) is 15.2 Å². The second kappa shape index (κ2) is 7.69. The number of rotatable bonds is 4. The van der Waals surface area contributed by atoms with Crippen molar-refractivity contribution >= 4 is 5.91 Å². The molecule has 3 heterocycles. The molecular formula is C25H31N3O2. The van der Waals surface area contributed by atoms with Crippen molar-refractivity contribution in [2.75, 3.05) is 13.7 Å². The second-order valence-electron chi connectivity index (χ2n) is 9.41. The van der Waals surface area contributed by atoms with Gasteiger partial charge in [0, 0.05) is 59.5 Å². The monoisotopic (exact) mass is 405 g/mol. The number of ether oxygens (including phenoxy) is 1. The molecule has 1 saturated carbocycles. The van der Waals surface area contributed by atoms with Crippen LogP contribution in [0.2, 0.25) is 0 Å². The fourth-order valence-electron chi connectivity index (χ4n) is 6.14. The van der Waals surface area contributed by atoms with E-state index in [0.29, 0.717) is 24.5 Å². The Balaban J connectivity index is 1.41. The van der Waals surface area contributed by atoms with E-state index in [1.54, 1.807) is 13.3 Å². The number of methoxy groups -OCH3 is 1. The number of nitrogens with one attached hydrogen (secondary N) is 1. The first-order valence-electron chi connectivity index (χ1n) is 11.2. The van der Waals surface area contributed by atoms with Crippen molar-refractivity contribution in [2.24, 2.45) is 5.41 Å². The van der Waals surface area contributed by atoms with E-state index in [2.05, 4.69) is 28.2 Å². The molecule has 1 aromatic heterocycles. The Kier molecular flexibility index (Phi) is 5.02. The first-order chi connectivity index (χ1) is 14.6. The quantitative estimate of drug-likeness (QED) is 0.840. The highest BCUT2D eigenvalue weighted by Crippen LogP contribution is 2.49. The summed E-state index contributed by atoms with van der Waals surface area (Å²) in [7, 11) is 1.69. The highest BCUT2D eigenvalue weighted by Gasteiger charge is 2.55. The van der Waals surface area contributed by atoms with Gasteiger partial charge in [0.2, 0.25) is 0 Å². The molecule has 1 aromatic carbocycles. The minimum Gasteiger partial charge on any atom is -0.496 e. The molecule has 5 nitrogen and oxygen atoms in total. The van der Waals surface area contributed by atoms with Gasteiger partial charge in [0.05, 0.1) is 7.11 Å². The predicted molar refractivity (Wildman–Crippen MR) is 117 cm³/mol. The largest absolute Gasteiger partial charge is 0.496 e. The lowest BCUT2D eigenvalue weighted by Crippen LogP contribution is -2.55. The van der Waals surface area contributed by atoms with E-state index in [-0.39, 0.29) is 11.3 Å². The number of hydrogen-bond acceptors (Lipinski definition) is 4. The van der Waals surface area contributed by atoms with Crippen LogP contribution in [0.3, 0.4) is 0 Å². The summed E-state index contributed by atoms with van der Waals surface area (Å²) in [4.78, 5) is 20.4. The lowest BCUT2D eigenvalue weighted by Gasteiger charge is -2.46. The molecule has 0 radical (unpaired) electrons. The van der Waals surface area contributed by atoms with E-state index < -0.39 is 0 Å². The number of aromatic nitrogens is 1. The zero-order chi connectivity index (χ0) is 20.7. The van der Waals surface area contributed by atoms with Crippen LogP contribution in [0, 0.1) is 5.41 Å². The van der Waals surface area contributed by atoms with Gasteiger partial charge in [0.25, 0.3) is 5.91 Å². The van der Waals surface area contributed by atoms with Crippen LogP contribution in [0.4, 0.5) is 0 Å². The number of para-hydroxylation sites is 1. The van der Waals surface area contributed by atoms with Gasteiger partial charge in [-0.05, 0) is 37.5 Å². The molecule has 2 aromatic rings. The molecule has 5 heteroatoms. The number of pyridine rings is 1. The van der Waals surface area contributed by atoms with Gasteiger partial charge in [-0.15, -0.1) is 0 Å². The van der Waals surface area contributed by atoms with Gasteiger partial charge in [-0.25, -0.2) is 0 Å². The standard InChI is InChI=1S/C25H31N3O2/c1-25-15-20-16-28(23(25)10-6-5-9-22(25)27-20)24(29)18-11-12-26-19(14-18)13-17-7-3-4-8-21(17)30-2/h3-4,7-8,11-12,14,20,22-23,27H,5-6,9-10,13,15-16H2,1-2H3/t20-,22-,23+,25-/m0/s1. The van der Waals surface area contributed by atoms with E-state index in [9.17, 15) is 4.79 Å². The SMILES string of the molecule is COc1ccccc1Cc1cc(C(=O)N2C[C@@H]3C[C@@]4(C)[C@H](CCCC[C@@H]24)N3)ccn1. The molecule has 158 valence electrons. The van der Waals surface area contributed by atoms with Crippen molar-refractivity contribution < 1.29 is 9.53 Å². The van der Waals surface area contributed by atoms with Crippen LogP contribution < -0.4 is 10.1 Å². The van der Waals surface area contributed by atoms with Gasteiger partial charge in [-0.3, -0.25) is 9.78 Å². The van der Waals surface area contributed by atoms with Crippen LogP contribution >= 0.6 is 0 Å². The third-order valence-electron chi connectivity index (χ3n) is 7.58. The number of likely N-dealkylation sites (tertiary alicyclic amines) is 1. The van der Waals surface area contributed by atoms with Crippen LogP contribution in [-0.2, 0) is 6.42 Å². The average molecular weight is 406 g/mol. The van der Waals surface area contributed by atoms with E-state index in [1.807, 2.05) is 30.3 Å². The number of hydrogen-bond donors (Lipinski definition) is 1. The van der Waals surface area contributed by atoms with Crippen LogP contribution in [0.5, 0.6) is 5.75 Å². The Morgan fingerprint density at radius 1 is 1.27 bits per heavy atom. The van der Waals surface area contributed by atoms with E-state index >= 15 is 0 Å². The molecule has 0 unspecified atom stereocenters. The first kappa shape index (κ1) is 19.6. The van der Waals surface area contributed by atoms with Crippen molar-refractivity contribution in [3.63, 3.8) is 0 Å². The molecule has 1 N–H and O–H groups in total. The lowest BCUT2D eigenvalue weighted by atomic mass is 9.71. The normalized spacial score (nSPS) is 30.1. The highest BCUT2D eigenvalue weighted by atomic mass is 16.5. The summed E-state index contributed by atoms with van der Waals surface area (Å²) in [5.74, 6) is 1.01. The van der Waals surface area contributed by atoms with Crippen LogP contribution in [0.15, 0.2) is 42.6 Å². The first-order valence-corrected chi connectivity index (χ1v) is 11.2. The molecule has 3 aliphatic rings. The Labute approximate surface area is 178 Å². The zero-order valence-electron chi connectivity index (χ0n) is 17.9. The van der Waals surface area contributed by atoms with Crippen LogP contribution in [0.1, 0.15) is 60.6 Å². The topological polar surface area (TPSA) is 54.5 Å². The molecular weight excluding hydrogens is 374 g/mol. The fourth-order valence-corrected chi connectivity index (χ4v) is 6.14. The van der Waals surface area contributed by atoms with Gasteiger partial charge in [0.1, 0.15) is 5.75 Å². The summed E-state index contributed by atoms with van der Waals surface area (Å²) in [6.07, 6.45) is 8.45. The summed E-state index contributed by atoms with van der Waals surface area (Å²) >= 11 is 0. The molecule has 0 spiro atoms. The number of benzene rings is 1. The van der Waals surface area contributed by atoms with E-state index in [0.717, 1.165) is 35.5 Å². The van der Waals surface area contributed by atoms with E-state index in [4.69, 9.17) is 4.74 Å². The minimum atomic E-state index is 0.156. The number of piperidine rings is 1. The smallest absolute Gasteiger partial charge is 0.254 e. The molecule has 1 aliphatic carbocycles. The number of amides is 1. The summed E-state index contributed by atoms with van der Waals surface area (Å²) < 4.78 is 5.48. The van der Waals surface area contributed by atoms with E-state index in [1.165, 1.54) is 25.7 Å². The summed E-state index contributed by atoms with van der Waals surface area (Å²) in [6, 6.07) is 13.1. The maximum atomic E-state index is 13.6. The van der Waals surface area contributed by atoms with Crippen LogP contribution in [0.25, 0.3) is 0 Å². The third kappa shape index (κ3) is 3.29. The average Bonchev–Trinajstić information content (AvgIpc) is 2.92. The maximum Gasteiger partial charge on any atom is 0.254 e. The third-order valence-corrected chi connectivity index (χ3v) is 7.58. The Morgan fingerprint density at radius 2 is 2.10 bits per heavy atom. The van der Waals surface area contributed by atoms with Crippen LogP contribution in [-0.4, -0.2) is 47.6 Å². The molecule has 3 fully saturated rings. The zero-order valence-corrected chi connectivity index (χ0v) is 17.9. The Bertz CT molecular complexity index is 945. The Hall–Kier alpha value is -2.40. The summed E-state index contributed by atoms with van der Waals surface area (Å²) in [5, 5.41) is 3.84. The minimum absolute atomic E-state index is 0.156. The van der Waals surface area contributed by atoms with Crippen molar-refractivity contribution in [3.8, 4) is 5.75 Å². The number of nitrogens with zero attached hydrogens (tertiary/aromatic N) is 2. The van der Waals surface area contributed by atoms with Gasteiger partial charge in [-0.2, -0.15) is 0 Å². The fraction of sp³-hybridized carbons (Fsp3) is 0.520. The molecule has 1 amide bonds. The van der Waals surface area contributed by atoms with Gasteiger partial charge in [0.15, 0.2) is 0 Å².